The lowest BCUT2D eigenvalue weighted by Gasteiger charge is -2.26. The van der Waals surface area contributed by atoms with E-state index in [-0.39, 0.29) is 5.82 Å². The maximum atomic E-state index is 12.2. The van der Waals surface area contributed by atoms with Crippen LogP contribution in [-0.4, -0.2) is 63.8 Å². The van der Waals surface area contributed by atoms with Crippen LogP contribution in [0.3, 0.4) is 0 Å². The average molecular weight is 538 g/mol. The van der Waals surface area contributed by atoms with Gasteiger partial charge in [0, 0.05) is 6.20 Å². The van der Waals surface area contributed by atoms with E-state index in [1.807, 2.05) is 0 Å². The first-order chi connectivity index (χ1) is 15.1. The van der Waals surface area contributed by atoms with Gasteiger partial charge < -0.3 is 46.0 Å². The number of rotatable bonds is 10. The van der Waals surface area contributed by atoms with Gasteiger partial charge in [-0.1, -0.05) is 6.08 Å². The van der Waals surface area contributed by atoms with Crippen LogP contribution in [0.5, 0.6) is 0 Å². The zero-order valence-corrected chi connectivity index (χ0v) is 18.9. The number of aliphatic hydroxyl groups is 2. The molecule has 1 aromatic heterocycles. The van der Waals surface area contributed by atoms with Gasteiger partial charge in [0.05, 0.1) is 0 Å². The molecule has 21 heteroatoms. The first kappa shape index (κ1) is 27.8. The van der Waals surface area contributed by atoms with Crippen molar-refractivity contribution in [2.45, 2.75) is 37.1 Å². The van der Waals surface area contributed by atoms with Crippen molar-refractivity contribution in [3.05, 3.63) is 35.0 Å². The third kappa shape index (κ3) is 7.77. The standard InChI is InChI=1S/C12H21N4O14P3/c13-4-1-2-6(28-32(23,24)30-33(25,26)29-31(20,21)22)10-8(17)9(18)11(27-10)16-5-3-7(14)15-12(16)19/h1,3-6,8-11,17-18H,2,13H2,(H,23,24)(H,25,26)(H2,14,15,19)(H2,20,21,22)/t6?,8-,9+,10+,11+/m0/s1. The molecular weight excluding hydrogens is 517 g/mol. The number of hydrogen-bond donors (Lipinski definition) is 8. The topological polar surface area (TPSA) is 296 Å². The Kier molecular flexibility index (Phi) is 8.76. The highest BCUT2D eigenvalue weighted by Gasteiger charge is 2.50. The van der Waals surface area contributed by atoms with E-state index in [4.69, 9.17) is 30.5 Å². The second-order valence-electron chi connectivity index (χ2n) is 6.41. The summed E-state index contributed by atoms with van der Waals surface area (Å²) in [6, 6.07) is 1.19. The number of phosphoric acid groups is 3. The number of aromatic nitrogens is 2. The fourth-order valence-electron chi connectivity index (χ4n) is 2.76. The predicted molar refractivity (Wildman–Crippen MR) is 106 cm³/mol. The van der Waals surface area contributed by atoms with Gasteiger partial charge in [-0.25, -0.2) is 18.5 Å². The summed E-state index contributed by atoms with van der Waals surface area (Å²) >= 11 is 0. The molecule has 10 N–H and O–H groups in total. The number of nitrogen functional groups attached to an aromatic ring is 1. The van der Waals surface area contributed by atoms with Crippen LogP contribution in [0.2, 0.25) is 0 Å². The number of hydrogen-bond acceptors (Lipinski definition) is 13. The molecule has 0 aromatic carbocycles. The van der Waals surface area contributed by atoms with Gasteiger partial charge in [-0.3, -0.25) is 9.09 Å². The van der Waals surface area contributed by atoms with Crippen LogP contribution >= 0.6 is 23.5 Å². The maximum absolute atomic E-state index is 12.2. The normalized spacial score (nSPS) is 28.4. The summed E-state index contributed by atoms with van der Waals surface area (Å²) in [6.07, 6.45) is -5.74. The third-order valence-corrected chi connectivity index (χ3v) is 7.82. The minimum Gasteiger partial charge on any atom is -0.405 e. The van der Waals surface area contributed by atoms with Crippen molar-refractivity contribution < 1.29 is 61.4 Å². The highest BCUT2D eigenvalue weighted by Crippen LogP contribution is 2.66. The third-order valence-electron chi connectivity index (χ3n) is 3.96. The van der Waals surface area contributed by atoms with Gasteiger partial charge in [0.25, 0.3) is 0 Å². The molecule has 0 saturated carbocycles. The zero-order valence-electron chi connectivity index (χ0n) is 16.2. The van der Waals surface area contributed by atoms with E-state index < -0.39 is 66.2 Å². The highest BCUT2D eigenvalue weighted by atomic mass is 31.3. The van der Waals surface area contributed by atoms with E-state index in [9.17, 15) is 38.5 Å². The summed E-state index contributed by atoms with van der Waals surface area (Å²) in [7, 11) is -17.1. The average Bonchev–Trinajstić information content (AvgIpc) is 2.91. The van der Waals surface area contributed by atoms with Crippen LogP contribution in [0.1, 0.15) is 12.6 Å². The van der Waals surface area contributed by atoms with E-state index in [2.05, 4.69) is 13.6 Å². The van der Waals surface area contributed by atoms with Gasteiger partial charge in [0.2, 0.25) is 0 Å². The van der Waals surface area contributed by atoms with Crippen LogP contribution in [-0.2, 0) is 31.6 Å². The Bertz CT molecular complexity index is 1070. The maximum Gasteiger partial charge on any atom is 0.490 e. The first-order valence-corrected chi connectivity index (χ1v) is 13.1. The van der Waals surface area contributed by atoms with Gasteiger partial charge in [-0.05, 0) is 18.7 Å². The van der Waals surface area contributed by atoms with Crippen molar-refractivity contribution in [2.24, 2.45) is 5.73 Å². The lowest BCUT2D eigenvalue weighted by Crippen LogP contribution is -2.40. The molecule has 2 rings (SSSR count). The van der Waals surface area contributed by atoms with Gasteiger partial charge in [0.15, 0.2) is 6.23 Å². The molecule has 1 aliphatic rings. The van der Waals surface area contributed by atoms with Crippen LogP contribution in [0.4, 0.5) is 5.82 Å². The molecule has 7 atom stereocenters. The number of anilines is 1. The SMILES string of the molecule is NC=CCC(OP(=O)(O)OP(=O)(O)OP(=O)(O)O)[C@H]1O[C@@H](n2ccc(N)nc2=O)[C@H](O)[C@@H]1O. The second kappa shape index (κ2) is 10.4. The smallest absolute Gasteiger partial charge is 0.405 e. The molecule has 0 spiro atoms. The highest BCUT2D eigenvalue weighted by molar-refractivity contribution is 7.66. The zero-order chi connectivity index (χ0) is 25.2. The lowest BCUT2D eigenvalue weighted by atomic mass is 10.0. The molecule has 0 aliphatic carbocycles. The molecule has 1 fully saturated rings. The van der Waals surface area contributed by atoms with Crippen molar-refractivity contribution in [2.75, 3.05) is 5.73 Å². The Labute approximate surface area is 184 Å². The summed E-state index contributed by atoms with van der Waals surface area (Å²) in [6.45, 7) is 0. The number of nitrogens with zero attached hydrogens (tertiary/aromatic N) is 2. The number of nitrogens with two attached hydrogens (primary N) is 2. The van der Waals surface area contributed by atoms with E-state index >= 15 is 0 Å². The van der Waals surface area contributed by atoms with Crippen molar-refractivity contribution >= 4 is 29.3 Å². The molecule has 2 heterocycles. The minimum absolute atomic E-state index is 0.139. The van der Waals surface area contributed by atoms with Crippen LogP contribution in [0.15, 0.2) is 29.3 Å². The lowest BCUT2D eigenvalue weighted by molar-refractivity contribution is -0.0822. The van der Waals surface area contributed by atoms with Crippen molar-refractivity contribution in [1.82, 2.24) is 9.55 Å². The largest absolute Gasteiger partial charge is 0.490 e. The van der Waals surface area contributed by atoms with Crippen LogP contribution in [0.25, 0.3) is 0 Å². The number of aliphatic hydroxyl groups excluding tert-OH is 2. The Morgan fingerprint density at radius 2 is 1.79 bits per heavy atom. The van der Waals surface area contributed by atoms with Crippen LogP contribution < -0.4 is 17.2 Å². The summed E-state index contributed by atoms with van der Waals surface area (Å²) in [4.78, 5) is 51.7. The minimum atomic E-state index is -5.81. The summed E-state index contributed by atoms with van der Waals surface area (Å²) in [5, 5.41) is 20.7. The summed E-state index contributed by atoms with van der Waals surface area (Å²) in [5.41, 5.74) is 9.64. The molecule has 1 saturated heterocycles. The number of ether oxygens (including phenoxy) is 1. The summed E-state index contributed by atoms with van der Waals surface area (Å²) < 4.78 is 52.6. The van der Waals surface area contributed by atoms with E-state index in [1.165, 1.54) is 6.07 Å². The fourth-order valence-corrected chi connectivity index (χ4v) is 5.97. The molecule has 3 unspecified atom stereocenters. The van der Waals surface area contributed by atoms with Crippen molar-refractivity contribution in [3.63, 3.8) is 0 Å². The Balaban J connectivity index is 2.28. The second-order valence-corrected chi connectivity index (χ2v) is 10.8. The Morgan fingerprint density at radius 1 is 1.15 bits per heavy atom. The predicted octanol–water partition coefficient (Wildman–Crippen LogP) is -1.98. The Morgan fingerprint density at radius 3 is 2.33 bits per heavy atom. The molecule has 1 aromatic rings. The van der Waals surface area contributed by atoms with Crippen LogP contribution in [0, 0.1) is 0 Å². The van der Waals surface area contributed by atoms with E-state index in [1.54, 1.807) is 0 Å². The quantitative estimate of drug-likeness (QED) is 0.150. The molecular formula is C12H21N4O14P3. The number of phosphoric ester groups is 1. The monoisotopic (exact) mass is 538 g/mol. The van der Waals surface area contributed by atoms with Gasteiger partial charge in [0.1, 0.15) is 30.2 Å². The molecule has 1 aliphatic heterocycles. The van der Waals surface area contributed by atoms with Gasteiger partial charge >= 0.3 is 29.2 Å². The van der Waals surface area contributed by atoms with Gasteiger partial charge in [-0.15, -0.1) is 0 Å². The fraction of sp³-hybridized carbons (Fsp3) is 0.500. The molecule has 188 valence electrons. The van der Waals surface area contributed by atoms with Crippen molar-refractivity contribution in [1.29, 1.82) is 0 Å². The van der Waals surface area contributed by atoms with Gasteiger partial charge in [-0.2, -0.15) is 13.6 Å². The molecule has 0 radical (unpaired) electrons. The molecule has 33 heavy (non-hydrogen) atoms. The first-order valence-electron chi connectivity index (χ1n) is 8.60. The van der Waals surface area contributed by atoms with E-state index in [0.29, 0.717) is 0 Å². The molecule has 0 amide bonds. The molecule has 0 bridgehead atoms. The van der Waals surface area contributed by atoms with Crippen molar-refractivity contribution in [3.8, 4) is 0 Å². The summed E-state index contributed by atoms with van der Waals surface area (Å²) in [5.74, 6) is -0.139. The molecule has 18 nitrogen and oxygen atoms in total. The van der Waals surface area contributed by atoms with E-state index in [0.717, 1.165) is 23.0 Å². The Hall–Kier alpha value is -1.49.